The average Bonchev–Trinajstić information content (AvgIpc) is 2.72. The molecular weight excluding hydrogens is 328 g/mol. The van der Waals surface area contributed by atoms with Gasteiger partial charge in [-0.2, -0.15) is 0 Å². The number of hydrogen-bond acceptors (Lipinski definition) is 4. The Bertz CT molecular complexity index is 989. The maximum atomic E-state index is 13.0. The largest absolute Gasteiger partial charge is 0.289 e. The maximum absolute atomic E-state index is 13.0. The highest BCUT2D eigenvalue weighted by atomic mass is 16.1. The van der Waals surface area contributed by atoms with Crippen LogP contribution in [-0.4, -0.2) is 24.1 Å². The Labute approximate surface area is 150 Å². The lowest BCUT2D eigenvalue weighted by atomic mass is 9.88. The van der Waals surface area contributed by atoms with Gasteiger partial charge < -0.3 is 0 Å². The SMILES string of the molecule is O=[C]c1ccc(C(=O)c2ccccc2)c(C(=O)c2ccccc2)c1[C]=O. The summed E-state index contributed by atoms with van der Waals surface area (Å²) >= 11 is 0. The molecule has 0 unspecified atom stereocenters. The van der Waals surface area contributed by atoms with Crippen molar-refractivity contribution in [3.8, 4) is 0 Å². The van der Waals surface area contributed by atoms with E-state index in [9.17, 15) is 19.2 Å². The van der Waals surface area contributed by atoms with E-state index in [0.29, 0.717) is 11.1 Å². The van der Waals surface area contributed by atoms with Crippen molar-refractivity contribution in [1.82, 2.24) is 0 Å². The van der Waals surface area contributed by atoms with Gasteiger partial charge in [-0.3, -0.25) is 19.2 Å². The molecule has 124 valence electrons. The molecular formula is C22H12O4. The van der Waals surface area contributed by atoms with Crippen molar-refractivity contribution in [2.75, 3.05) is 0 Å². The summed E-state index contributed by atoms with van der Waals surface area (Å²) in [6.45, 7) is 0. The van der Waals surface area contributed by atoms with Crippen LogP contribution >= 0.6 is 0 Å². The van der Waals surface area contributed by atoms with Gasteiger partial charge in [0.15, 0.2) is 11.6 Å². The van der Waals surface area contributed by atoms with Crippen molar-refractivity contribution >= 4 is 24.1 Å². The van der Waals surface area contributed by atoms with Crippen molar-refractivity contribution in [3.05, 3.63) is 106 Å². The van der Waals surface area contributed by atoms with Crippen LogP contribution in [0.5, 0.6) is 0 Å². The van der Waals surface area contributed by atoms with Crippen molar-refractivity contribution in [3.63, 3.8) is 0 Å². The molecule has 0 amide bonds. The van der Waals surface area contributed by atoms with E-state index in [1.165, 1.54) is 12.1 Å². The molecule has 3 rings (SSSR count). The standard InChI is InChI=1S/C22H12O4/c23-13-17-11-12-18(21(25)15-7-3-1-4-8-15)20(19(17)14-24)22(26)16-9-5-2-6-10-16/h1-12H. The molecule has 4 nitrogen and oxygen atoms in total. The van der Waals surface area contributed by atoms with Crippen molar-refractivity contribution in [1.29, 1.82) is 0 Å². The molecule has 0 aliphatic heterocycles. The van der Waals surface area contributed by atoms with E-state index in [-0.39, 0.29) is 22.3 Å². The third-order valence-electron chi connectivity index (χ3n) is 3.96. The number of benzene rings is 3. The van der Waals surface area contributed by atoms with Crippen LogP contribution in [0.25, 0.3) is 0 Å². The van der Waals surface area contributed by atoms with Crippen LogP contribution in [0.15, 0.2) is 72.8 Å². The first kappa shape index (κ1) is 17.2. The lowest BCUT2D eigenvalue weighted by Gasteiger charge is -2.12. The summed E-state index contributed by atoms with van der Waals surface area (Å²) in [5, 5.41) is 0. The van der Waals surface area contributed by atoms with Gasteiger partial charge in [0.05, 0.1) is 0 Å². The van der Waals surface area contributed by atoms with Crippen LogP contribution in [0.3, 0.4) is 0 Å². The van der Waals surface area contributed by atoms with Gasteiger partial charge in [0.25, 0.3) is 0 Å². The minimum atomic E-state index is -0.527. The zero-order valence-corrected chi connectivity index (χ0v) is 13.6. The molecule has 0 aliphatic carbocycles. The molecule has 0 aromatic heterocycles. The lowest BCUT2D eigenvalue weighted by Crippen LogP contribution is -2.15. The third kappa shape index (κ3) is 3.13. The number of rotatable bonds is 6. The predicted molar refractivity (Wildman–Crippen MR) is 95.8 cm³/mol. The van der Waals surface area contributed by atoms with E-state index in [1.807, 2.05) is 0 Å². The molecule has 26 heavy (non-hydrogen) atoms. The van der Waals surface area contributed by atoms with Crippen molar-refractivity contribution in [2.24, 2.45) is 0 Å². The van der Waals surface area contributed by atoms with Gasteiger partial charge in [0, 0.05) is 33.4 Å². The normalized spacial score (nSPS) is 10.2. The van der Waals surface area contributed by atoms with E-state index in [1.54, 1.807) is 73.2 Å². The third-order valence-corrected chi connectivity index (χ3v) is 3.96. The summed E-state index contributed by atoms with van der Waals surface area (Å²) in [5.41, 5.74) is 0.214. The smallest absolute Gasteiger partial charge is 0.235 e. The van der Waals surface area contributed by atoms with Crippen LogP contribution < -0.4 is 0 Å². The Morgan fingerprint density at radius 3 is 1.65 bits per heavy atom. The fourth-order valence-electron chi connectivity index (χ4n) is 2.70. The van der Waals surface area contributed by atoms with Crippen LogP contribution in [0.2, 0.25) is 0 Å². The zero-order chi connectivity index (χ0) is 18.5. The highest BCUT2D eigenvalue weighted by molar-refractivity contribution is 6.23. The van der Waals surface area contributed by atoms with Crippen LogP contribution in [-0.2, 0) is 9.59 Å². The molecule has 0 bridgehead atoms. The molecule has 0 atom stereocenters. The Kier molecular flexibility index (Phi) is 4.94. The molecule has 0 saturated carbocycles. The minimum absolute atomic E-state index is 0.0439. The summed E-state index contributed by atoms with van der Waals surface area (Å²) in [4.78, 5) is 48.5. The summed E-state index contributed by atoms with van der Waals surface area (Å²) in [6.07, 6.45) is 3.25. The fraction of sp³-hybridized carbons (Fsp3) is 0. The summed E-state index contributed by atoms with van der Waals surface area (Å²) in [7, 11) is 0. The first-order chi connectivity index (χ1) is 12.7. The Morgan fingerprint density at radius 1 is 0.615 bits per heavy atom. The molecule has 4 heteroatoms. The second kappa shape index (κ2) is 7.49. The molecule has 2 radical (unpaired) electrons. The number of carbonyl (C=O) groups excluding carboxylic acids is 4. The molecule has 0 N–H and O–H groups in total. The molecule has 0 saturated heterocycles. The minimum Gasteiger partial charge on any atom is -0.289 e. The molecule has 0 aliphatic rings. The highest BCUT2D eigenvalue weighted by Crippen LogP contribution is 2.23. The van der Waals surface area contributed by atoms with Crippen molar-refractivity contribution in [2.45, 2.75) is 0 Å². The van der Waals surface area contributed by atoms with Gasteiger partial charge in [-0.05, 0) is 12.1 Å². The number of ketones is 2. The summed E-state index contributed by atoms with van der Waals surface area (Å²) < 4.78 is 0. The van der Waals surface area contributed by atoms with E-state index in [2.05, 4.69) is 0 Å². The first-order valence-electron chi connectivity index (χ1n) is 7.80. The number of carbonyl (C=O) groups is 2. The quantitative estimate of drug-likeness (QED) is 0.647. The predicted octanol–water partition coefficient (Wildman–Crippen LogP) is 3.06. The van der Waals surface area contributed by atoms with E-state index in [4.69, 9.17) is 0 Å². The van der Waals surface area contributed by atoms with Gasteiger partial charge in [-0.25, -0.2) is 0 Å². The second-order valence-corrected chi connectivity index (χ2v) is 5.51. The molecule has 3 aromatic carbocycles. The topological polar surface area (TPSA) is 68.3 Å². The van der Waals surface area contributed by atoms with Gasteiger partial charge in [-0.15, -0.1) is 0 Å². The molecule has 0 spiro atoms. The summed E-state index contributed by atoms with van der Waals surface area (Å²) in [6, 6.07) is 19.3. The van der Waals surface area contributed by atoms with E-state index < -0.39 is 11.6 Å². The fourth-order valence-corrected chi connectivity index (χ4v) is 2.70. The Hall–Kier alpha value is -3.66. The van der Waals surface area contributed by atoms with E-state index in [0.717, 1.165) is 0 Å². The summed E-state index contributed by atoms with van der Waals surface area (Å²) in [5.74, 6) is -0.945. The average molecular weight is 340 g/mol. The van der Waals surface area contributed by atoms with Gasteiger partial charge in [0.2, 0.25) is 12.6 Å². The molecule has 0 fully saturated rings. The maximum Gasteiger partial charge on any atom is 0.235 e. The van der Waals surface area contributed by atoms with Crippen LogP contribution in [0, 0.1) is 0 Å². The van der Waals surface area contributed by atoms with Gasteiger partial charge >= 0.3 is 0 Å². The Morgan fingerprint density at radius 2 is 1.15 bits per heavy atom. The van der Waals surface area contributed by atoms with Crippen LogP contribution in [0.1, 0.15) is 43.0 Å². The molecule has 0 heterocycles. The monoisotopic (exact) mass is 340 g/mol. The molecule has 3 aromatic rings. The van der Waals surface area contributed by atoms with Crippen molar-refractivity contribution < 1.29 is 19.2 Å². The highest BCUT2D eigenvalue weighted by Gasteiger charge is 2.25. The van der Waals surface area contributed by atoms with E-state index >= 15 is 0 Å². The first-order valence-corrected chi connectivity index (χ1v) is 7.80. The second-order valence-electron chi connectivity index (χ2n) is 5.51. The van der Waals surface area contributed by atoms with Gasteiger partial charge in [0.1, 0.15) is 0 Å². The zero-order valence-electron chi connectivity index (χ0n) is 13.6. The van der Waals surface area contributed by atoms with Gasteiger partial charge in [-0.1, -0.05) is 60.7 Å². The lowest BCUT2D eigenvalue weighted by molar-refractivity contribution is 0.100. The van der Waals surface area contributed by atoms with Crippen LogP contribution in [0.4, 0.5) is 0 Å². The Balaban J connectivity index is 2.25. The number of hydrogen-bond donors (Lipinski definition) is 0.